The Labute approximate surface area is 201 Å². The molecule has 0 saturated carbocycles. The van der Waals surface area contributed by atoms with E-state index >= 15 is 0 Å². The van der Waals surface area contributed by atoms with Crippen molar-refractivity contribution in [3.63, 3.8) is 0 Å². The second-order valence-electron chi connectivity index (χ2n) is 7.95. The number of carbonyl (C=O) groups is 2. The molecule has 1 heterocycles. The van der Waals surface area contributed by atoms with Gasteiger partial charge in [0.1, 0.15) is 0 Å². The zero-order valence-electron chi connectivity index (χ0n) is 18.5. The monoisotopic (exact) mass is 501 g/mol. The molecule has 0 saturated heterocycles. The molecule has 5 heteroatoms. The highest BCUT2D eigenvalue weighted by molar-refractivity contribution is 9.10. The van der Waals surface area contributed by atoms with Crippen LogP contribution in [0.5, 0.6) is 0 Å². The second kappa shape index (κ2) is 10.1. The van der Waals surface area contributed by atoms with Crippen LogP contribution >= 0.6 is 15.9 Å². The molecule has 0 radical (unpaired) electrons. The Bertz CT molecular complexity index is 1300. The molecular formula is C28H24BrNO3. The average Bonchev–Trinajstić information content (AvgIpc) is 2.84. The van der Waals surface area contributed by atoms with E-state index < -0.39 is 12.1 Å². The normalized spacial score (nSPS) is 11.8. The lowest BCUT2D eigenvalue weighted by Gasteiger charge is -2.18. The molecule has 0 fully saturated rings. The fourth-order valence-electron chi connectivity index (χ4n) is 3.87. The van der Waals surface area contributed by atoms with Gasteiger partial charge in [0.05, 0.1) is 16.8 Å². The van der Waals surface area contributed by atoms with Gasteiger partial charge in [0.25, 0.3) is 0 Å². The van der Waals surface area contributed by atoms with Gasteiger partial charge in [0.2, 0.25) is 5.78 Å². The largest absolute Gasteiger partial charge is 0.450 e. The first kappa shape index (κ1) is 22.9. The Morgan fingerprint density at radius 1 is 0.970 bits per heavy atom. The summed E-state index contributed by atoms with van der Waals surface area (Å²) in [6.45, 7) is 3.93. The number of rotatable bonds is 7. The SMILES string of the molecule is CCC[C@@H](OC(=O)c1cc(-c2ccccc2)nc2c(C)cc(Br)cc12)C(=O)c1ccccc1. The molecule has 0 spiro atoms. The van der Waals surface area contributed by atoms with Gasteiger partial charge in [-0.15, -0.1) is 0 Å². The standard InChI is InChI=1S/C28H24BrNO3/c1-3-10-25(27(31)20-13-8-5-9-14-20)33-28(32)23-17-24(19-11-6-4-7-12-19)30-26-18(2)15-21(29)16-22(23)26/h4-9,11-17,25H,3,10H2,1-2H3/t25-/m1/s1. The van der Waals surface area contributed by atoms with Crippen molar-refractivity contribution in [3.05, 3.63) is 100 Å². The van der Waals surface area contributed by atoms with Crippen LogP contribution in [0.4, 0.5) is 0 Å². The van der Waals surface area contributed by atoms with Crippen LogP contribution in [0.2, 0.25) is 0 Å². The van der Waals surface area contributed by atoms with Crippen LogP contribution in [0, 0.1) is 6.92 Å². The number of aromatic nitrogens is 1. The van der Waals surface area contributed by atoms with E-state index in [2.05, 4.69) is 15.9 Å². The van der Waals surface area contributed by atoms with Gasteiger partial charge < -0.3 is 4.74 Å². The van der Waals surface area contributed by atoms with Gasteiger partial charge >= 0.3 is 5.97 Å². The molecule has 1 aromatic heterocycles. The molecule has 33 heavy (non-hydrogen) atoms. The van der Waals surface area contributed by atoms with Gasteiger partial charge in [0.15, 0.2) is 6.10 Å². The van der Waals surface area contributed by atoms with Crippen molar-refractivity contribution in [2.24, 2.45) is 0 Å². The summed E-state index contributed by atoms with van der Waals surface area (Å²) in [6, 6.07) is 24.3. The molecule has 166 valence electrons. The van der Waals surface area contributed by atoms with Gasteiger partial charge in [-0.2, -0.15) is 0 Å². The van der Waals surface area contributed by atoms with E-state index in [1.54, 1.807) is 30.3 Å². The van der Waals surface area contributed by atoms with E-state index in [0.29, 0.717) is 35.0 Å². The lowest BCUT2D eigenvalue weighted by molar-refractivity contribution is 0.0268. The molecule has 0 unspecified atom stereocenters. The number of hydrogen-bond acceptors (Lipinski definition) is 4. The molecule has 0 amide bonds. The lowest BCUT2D eigenvalue weighted by atomic mass is 10.0. The van der Waals surface area contributed by atoms with Crippen molar-refractivity contribution in [2.75, 3.05) is 0 Å². The van der Waals surface area contributed by atoms with Gasteiger partial charge in [-0.3, -0.25) is 4.79 Å². The number of esters is 1. The summed E-state index contributed by atoms with van der Waals surface area (Å²) in [5.41, 5.74) is 4.19. The highest BCUT2D eigenvalue weighted by Gasteiger charge is 2.26. The van der Waals surface area contributed by atoms with Gasteiger partial charge in [0, 0.05) is 21.0 Å². The fraction of sp³-hybridized carbons (Fsp3) is 0.179. The third-order valence-electron chi connectivity index (χ3n) is 5.51. The van der Waals surface area contributed by atoms with Crippen molar-refractivity contribution in [3.8, 4) is 11.3 Å². The highest BCUT2D eigenvalue weighted by atomic mass is 79.9. The molecular weight excluding hydrogens is 478 g/mol. The molecule has 4 aromatic rings. The Morgan fingerprint density at radius 3 is 2.30 bits per heavy atom. The number of carbonyl (C=O) groups excluding carboxylic acids is 2. The summed E-state index contributed by atoms with van der Waals surface area (Å²) in [7, 11) is 0. The van der Waals surface area contributed by atoms with E-state index in [1.165, 1.54) is 0 Å². The quantitative estimate of drug-likeness (QED) is 0.198. The predicted molar refractivity (Wildman–Crippen MR) is 134 cm³/mol. The van der Waals surface area contributed by atoms with Crippen molar-refractivity contribution in [2.45, 2.75) is 32.8 Å². The number of hydrogen-bond donors (Lipinski definition) is 0. The summed E-state index contributed by atoms with van der Waals surface area (Å²) in [4.78, 5) is 31.4. The van der Waals surface area contributed by atoms with E-state index in [4.69, 9.17) is 9.72 Å². The van der Waals surface area contributed by atoms with Crippen molar-refractivity contribution in [1.82, 2.24) is 4.98 Å². The summed E-state index contributed by atoms with van der Waals surface area (Å²) < 4.78 is 6.69. The van der Waals surface area contributed by atoms with Crippen molar-refractivity contribution >= 4 is 38.6 Å². The second-order valence-corrected chi connectivity index (χ2v) is 8.87. The van der Waals surface area contributed by atoms with Gasteiger partial charge in [-0.05, 0) is 37.1 Å². The minimum absolute atomic E-state index is 0.190. The third kappa shape index (κ3) is 5.04. The smallest absolute Gasteiger partial charge is 0.339 e. The van der Waals surface area contributed by atoms with Crippen molar-refractivity contribution < 1.29 is 14.3 Å². The topological polar surface area (TPSA) is 56.3 Å². The summed E-state index contributed by atoms with van der Waals surface area (Å²) in [5.74, 6) is -0.718. The zero-order valence-corrected chi connectivity index (χ0v) is 20.1. The van der Waals surface area contributed by atoms with Crippen LogP contribution in [-0.4, -0.2) is 22.8 Å². The zero-order chi connectivity index (χ0) is 23.4. The van der Waals surface area contributed by atoms with Crippen LogP contribution in [0.1, 0.15) is 46.0 Å². The number of aryl methyl sites for hydroxylation is 1. The summed E-state index contributed by atoms with van der Waals surface area (Å²) in [5, 5.41) is 0.689. The molecule has 0 N–H and O–H groups in total. The first-order valence-electron chi connectivity index (χ1n) is 10.9. The Morgan fingerprint density at radius 2 is 1.64 bits per heavy atom. The first-order valence-corrected chi connectivity index (χ1v) is 11.7. The van der Waals surface area contributed by atoms with E-state index in [-0.39, 0.29) is 5.78 Å². The van der Waals surface area contributed by atoms with E-state index in [1.807, 2.05) is 62.4 Å². The number of Topliss-reactive ketones (excluding diaryl/α,β-unsaturated/α-hetero) is 1. The number of halogens is 1. The number of ether oxygens (including phenoxy) is 1. The van der Waals surface area contributed by atoms with Gasteiger partial charge in [-0.25, -0.2) is 9.78 Å². The van der Waals surface area contributed by atoms with Crippen LogP contribution in [0.3, 0.4) is 0 Å². The fourth-order valence-corrected chi connectivity index (χ4v) is 4.44. The Kier molecular flexibility index (Phi) is 6.99. The Balaban J connectivity index is 1.78. The molecule has 4 rings (SSSR count). The van der Waals surface area contributed by atoms with E-state index in [9.17, 15) is 9.59 Å². The third-order valence-corrected chi connectivity index (χ3v) is 5.97. The maximum absolute atomic E-state index is 13.5. The van der Waals surface area contributed by atoms with Crippen LogP contribution < -0.4 is 0 Å². The maximum atomic E-state index is 13.5. The predicted octanol–water partition coefficient (Wildman–Crippen LogP) is 7.18. The number of fused-ring (bicyclic) bond motifs is 1. The minimum atomic E-state index is -0.846. The molecule has 1 atom stereocenters. The van der Waals surface area contributed by atoms with E-state index in [0.717, 1.165) is 21.1 Å². The van der Waals surface area contributed by atoms with Crippen molar-refractivity contribution in [1.29, 1.82) is 0 Å². The molecule has 0 aliphatic rings. The number of nitrogens with zero attached hydrogens (tertiary/aromatic N) is 1. The van der Waals surface area contributed by atoms with Crippen LogP contribution in [0.15, 0.2) is 83.3 Å². The molecule has 0 aliphatic carbocycles. The average molecular weight is 502 g/mol. The summed E-state index contributed by atoms with van der Waals surface area (Å²) >= 11 is 3.53. The highest BCUT2D eigenvalue weighted by Crippen LogP contribution is 2.30. The number of benzene rings is 3. The maximum Gasteiger partial charge on any atom is 0.339 e. The molecule has 4 nitrogen and oxygen atoms in total. The number of ketones is 1. The Hall–Kier alpha value is -3.31. The first-order chi connectivity index (χ1) is 16.0. The lowest BCUT2D eigenvalue weighted by Crippen LogP contribution is -2.27. The molecule has 0 aliphatic heterocycles. The summed E-state index contributed by atoms with van der Waals surface area (Å²) in [6.07, 6.45) is 0.325. The molecule has 0 bridgehead atoms. The molecule has 3 aromatic carbocycles. The van der Waals surface area contributed by atoms with Crippen LogP contribution in [-0.2, 0) is 4.74 Å². The number of pyridine rings is 1. The van der Waals surface area contributed by atoms with Crippen LogP contribution in [0.25, 0.3) is 22.2 Å². The van der Waals surface area contributed by atoms with Gasteiger partial charge in [-0.1, -0.05) is 89.9 Å². The minimum Gasteiger partial charge on any atom is -0.450 e.